The van der Waals surface area contributed by atoms with Gasteiger partial charge in [-0.05, 0) is 48.7 Å². The molecule has 9 heteroatoms. The number of rotatable bonds is 11. The first-order chi connectivity index (χ1) is 15.2. The Labute approximate surface area is 213 Å². The lowest BCUT2D eigenvalue weighted by molar-refractivity contribution is -0.138. The maximum atomic E-state index is 13.1. The Balaban J connectivity index is 2.08. The Morgan fingerprint density at radius 2 is 1.56 bits per heavy atom. The molecule has 174 valence electrons. The van der Waals surface area contributed by atoms with Crippen LogP contribution >= 0.6 is 58.2 Å². The van der Waals surface area contributed by atoms with Crippen LogP contribution in [0.1, 0.15) is 37.8 Å². The smallest absolute Gasteiger partial charge is 0.242 e. The first kappa shape index (κ1) is 27.1. The third-order valence-electron chi connectivity index (χ3n) is 4.81. The van der Waals surface area contributed by atoms with Crippen molar-refractivity contribution in [3.8, 4) is 0 Å². The van der Waals surface area contributed by atoms with Gasteiger partial charge in [-0.15, -0.1) is 11.8 Å². The first-order valence-corrected chi connectivity index (χ1v) is 12.9. The van der Waals surface area contributed by atoms with Gasteiger partial charge in [0, 0.05) is 18.8 Å². The SMILES string of the molecule is CCCCNC(=O)C(C)N(Cc1ccc(Cl)c(Cl)c1)C(=O)CSCc1ccc(Cl)c(Cl)c1. The van der Waals surface area contributed by atoms with Crippen LogP contribution in [0.5, 0.6) is 0 Å². The standard InChI is InChI=1S/C23H26Cl4N2O2S/c1-3-4-9-28-23(31)15(2)29(12-16-5-7-18(24)20(26)10-16)22(30)14-32-13-17-6-8-19(25)21(27)11-17/h5-8,10-11,15H,3-4,9,12-14H2,1-2H3,(H,28,31). The van der Waals surface area contributed by atoms with Crippen LogP contribution < -0.4 is 5.32 Å². The zero-order valence-corrected chi connectivity index (χ0v) is 21.8. The van der Waals surface area contributed by atoms with Crippen molar-refractivity contribution in [1.29, 1.82) is 0 Å². The summed E-state index contributed by atoms with van der Waals surface area (Å²) in [6, 6.07) is 9.99. The molecule has 2 aromatic carbocycles. The number of unbranched alkanes of at least 4 members (excludes halogenated alkanes) is 1. The molecule has 1 atom stereocenters. The number of thioether (sulfide) groups is 1. The highest BCUT2D eigenvalue weighted by Crippen LogP contribution is 2.26. The van der Waals surface area contributed by atoms with Crippen molar-refractivity contribution < 1.29 is 9.59 Å². The molecule has 1 unspecified atom stereocenters. The van der Waals surface area contributed by atoms with Crippen LogP contribution in [0.3, 0.4) is 0 Å². The van der Waals surface area contributed by atoms with Gasteiger partial charge in [0.25, 0.3) is 0 Å². The topological polar surface area (TPSA) is 49.4 Å². The lowest BCUT2D eigenvalue weighted by Crippen LogP contribution is -2.48. The number of amides is 2. The van der Waals surface area contributed by atoms with Crippen LogP contribution in [-0.4, -0.2) is 35.1 Å². The van der Waals surface area contributed by atoms with Crippen LogP contribution in [0.4, 0.5) is 0 Å². The molecule has 0 radical (unpaired) electrons. The number of nitrogens with one attached hydrogen (secondary N) is 1. The van der Waals surface area contributed by atoms with Crippen LogP contribution in [-0.2, 0) is 21.9 Å². The van der Waals surface area contributed by atoms with E-state index in [2.05, 4.69) is 12.2 Å². The third kappa shape index (κ3) is 8.35. The predicted octanol–water partition coefficient (Wildman–Crippen LogP) is 6.87. The Kier molecular flexibility index (Phi) is 11.5. The molecule has 0 saturated carbocycles. The molecule has 2 amide bonds. The molecule has 0 bridgehead atoms. The van der Waals surface area contributed by atoms with Crippen LogP contribution in [0.25, 0.3) is 0 Å². The molecule has 32 heavy (non-hydrogen) atoms. The molecule has 1 N–H and O–H groups in total. The minimum Gasteiger partial charge on any atom is -0.354 e. The van der Waals surface area contributed by atoms with Gasteiger partial charge in [-0.2, -0.15) is 0 Å². The highest BCUT2D eigenvalue weighted by Gasteiger charge is 2.26. The maximum absolute atomic E-state index is 13.1. The zero-order chi connectivity index (χ0) is 23.7. The number of carbonyl (C=O) groups is 2. The van der Waals surface area contributed by atoms with Gasteiger partial charge in [-0.3, -0.25) is 9.59 Å². The van der Waals surface area contributed by atoms with E-state index >= 15 is 0 Å². The van der Waals surface area contributed by atoms with Gasteiger partial charge >= 0.3 is 0 Å². The largest absolute Gasteiger partial charge is 0.354 e. The fourth-order valence-electron chi connectivity index (χ4n) is 2.92. The van der Waals surface area contributed by atoms with E-state index in [0.717, 1.165) is 24.0 Å². The molecule has 2 rings (SSSR count). The fraction of sp³-hybridized carbons (Fsp3) is 0.391. The summed E-state index contributed by atoms with van der Waals surface area (Å²) in [5, 5.41) is 4.73. The summed E-state index contributed by atoms with van der Waals surface area (Å²) in [5.41, 5.74) is 1.77. The van der Waals surface area contributed by atoms with Crippen LogP contribution in [0.2, 0.25) is 20.1 Å². The lowest BCUT2D eigenvalue weighted by Gasteiger charge is -2.29. The predicted molar refractivity (Wildman–Crippen MR) is 137 cm³/mol. The molecule has 0 aromatic heterocycles. The summed E-state index contributed by atoms with van der Waals surface area (Å²) in [5.74, 6) is 0.495. The summed E-state index contributed by atoms with van der Waals surface area (Å²) in [6.45, 7) is 4.63. The van der Waals surface area contributed by atoms with E-state index in [1.165, 1.54) is 11.8 Å². The Hall–Kier alpha value is -1.11. The molecule has 2 aromatic rings. The van der Waals surface area contributed by atoms with Crippen molar-refractivity contribution in [2.75, 3.05) is 12.3 Å². The number of hydrogen-bond donors (Lipinski definition) is 1. The quantitative estimate of drug-likeness (QED) is 0.319. The van der Waals surface area contributed by atoms with E-state index in [4.69, 9.17) is 46.4 Å². The van der Waals surface area contributed by atoms with Gasteiger partial charge in [0.2, 0.25) is 11.8 Å². The molecule has 0 aliphatic carbocycles. The van der Waals surface area contributed by atoms with Crippen LogP contribution in [0.15, 0.2) is 36.4 Å². The highest BCUT2D eigenvalue weighted by molar-refractivity contribution is 7.99. The average molecular weight is 536 g/mol. The lowest BCUT2D eigenvalue weighted by atomic mass is 10.1. The van der Waals surface area contributed by atoms with Gasteiger partial charge in [-0.25, -0.2) is 0 Å². The zero-order valence-electron chi connectivity index (χ0n) is 18.0. The van der Waals surface area contributed by atoms with Gasteiger partial charge in [-0.1, -0.05) is 71.9 Å². The Morgan fingerprint density at radius 1 is 0.969 bits per heavy atom. The Morgan fingerprint density at radius 3 is 2.16 bits per heavy atom. The number of hydrogen-bond acceptors (Lipinski definition) is 3. The minimum atomic E-state index is -0.626. The average Bonchev–Trinajstić information content (AvgIpc) is 2.76. The number of benzene rings is 2. The second-order valence-corrected chi connectivity index (χ2v) is 9.95. The van der Waals surface area contributed by atoms with Crippen molar-refractivity contribution in [3.63, 3.8) is 0 Å². The normalized spacial score (nSPS) is 11.8. The monoisotopic (exact) mass is 534 g/mol. The Bertz CT molecular complexity index is 942. The van der Waals surface area contributed by atoms with E-state index in [1.54, 1.807) is 42.2 Å². The third-order valence-corrected chi connectivity index (χ3v) is 7.28. The fourth-order valence-corrected chi connectivity index (χ4v) is 4.42. The highest BCUT2D eigenvalue weighted by atomic mass is 35.5. The summed E-state index contributed by atoms with van der Waals surface area (Å²) in [6.07, 6.45) is 1.87. The van der Waals surface area contributed by atoms with Crippen molar-refractivity contribution in [1.82, 2.24) is 10.2 Å². The molecular formula is C23H26Cl4N2O2S. The molecule has 0 aliphatic rings. The molecule has 0 heterocycles. The summed E-state index contributed by atoms with van der Waals surface area (Å²) < 4.78 is 0. The molecular weight excluding hydrogens is 510 g/mol. The van der Waals surface area contributed by atoms with Gasteiger partial charge in [0.05, 0.1) is 25.8 Å². The van der Waals surface area contributed by atoms with E-state index in [-0.39, 0.29) is 24.1 Å². The first-order valence-electron chi connectivity index (χ1n) is 10.3. The van der Waals surface area contributed by atoms with Crippen molar-refractivity contribution in [2.45, 2.75) is 45.0 Å². The van der Waals surface area contributed by atoms with Gasteiger partial charge < -0.3 is 10.2 Å². The van der Waals surface area contributed by atoms with Crippen molar-refractivity contribution in [2.24, 2.45) is 0 Å². The minimum absolute atomic E-state index is 0.140. The number of halogens is 4. The van der Waals surface area contributed by atoms with E-state index in [0.29, 0.717) is 32.4 Å². The molecule has 0 fully saturated rings. The second-order valence-electron chi connectivity index (χ2n) is 7.33. The van der Waals surface area contributed by atoms with Gasteiger partial charge in [0.1, 0.15) is 6.04 Å². The summed E-state index contributed by atoms with van der Waals surface area (Å²) in [4.78, 5) is 27.3. The second kappa shape index (κ2) is 13.6. The molecule has 0 aliphatic heterocycles. The van der Waals surface area contributed by atoms with Gasteiger partial charge in [0.15, 0.2) is 0 Å². The van der Waals surface area contributed by atoms with Crippen molar-refractivity contribution >= 4 is 70.0 Å². The molecule has 0 spiro atoms. The summed E-state index contributed by atoms with van der Waals surface area (Å²) >= 11 is 25.6. The molecule has 4 nitrogen and oxygen atoms in total. The van der Waals surface area contributed by atoms with E-state index in [1.807, 2.05) is 6.07 Å². The van der Waals surface area contributed by atoms with E-state index < -0.39 is 6.04 Å². The number of carbonyl (C=O) groups excluding carboxylic acids is 2. The summed E-state index contributed by atoms with van der Waals surface area (Å²) in [7, 11) is 0. The van der Waals surface area contributed by atoms with Crippen molar-refractivity contribution in [3.05, 3.63) is 67.6 Å². The maximum Gasteiger partial charge on any atom is 0.242 e. The number of nitrogens with zero attached hydrogens (tertiary/aromatic N) is 1. The van der Waals surface area contributed by atoms with E-state index in [9.17, 15) is 9.59 Å². The molecule has 0 saturated heterocycles. The van der Waals surface area contributed by atoms with Crippen LogP contribution in [0, 0.1) is 0 Å².